The molecule has 6 heteroatoms. The molecule has 0 aromatic rings. The molecule has 0 aromatic carbocycles. The van der Waals surface area contributed by atoms with Gasteiger partial charge in [-0.15, -0.1) is 0 Å². The van der Waals surface area contributed by atoms with Crippen LogP contribution in [-0.4, -0.2) is 54.2 Å². The SMILES string of the molecule is CN1CC[C@H](N[C@H]2C[C@H](NC(=O)OC(C)(C)C)C2(C)C)C1=O. The number of nitrogens with zero attached hydrogens (tertiary/aromatic N) is 1. The van der Waals surface area contributed by atoms with Crippen LogP contribution in [0.4, 0.5) is 4.79 Å². The van der Waals surface area contributed by atoms with Crippen molar-refractivity contribution in [3.8, 4) is 0 Å². The topological polar surface area (TPSA) is 70.7 Å². The minimum Gasteiger partial charge on any atom is -0.444 e. The van der Waals surface area contributed by atoms with Crippen molar-refractivity contribution in [2.45, 2.75) is 71.2 Å². The minimum atomic E-state index is -0.490. The van der Waals surface area contributed by atoms with Crippen molar-refractivity contribution in [2.24, 2.45) is 5.41 Å². The first-order chi connectivity index (χ1) is 10.0. The van der Waals surface area contributed by atoms with Crippen LogP contribution in [0.25, 0.3) is 0 Å². The van der Waals surface area contributed by atoms with Crippen molar-refractivity contribution >= 4 is 12.0 Å². The first kappa shape index (κ1) is 17.1. The third kappa shape index (κ3) is 3.54. The van der Waals surface area contributed by atoms with Gasteiger partial charge in [0.1, 0.15) is 5.60 Å². The fourth-order valence-corrected chi connectivity index (χ4v) is 3.12. The Morgan fingerprint density at radius 2 is 1.95 bits per heavy atom. The first-order valence-electron chi connectivity index (χ1n) is 8.01. The number of carbonyl (C=O) groups is 2. The predicted molar refractivity (Wildman–Crippen MR) is 84.5 cm³/mol. The molecule has 1 saturated heterocycles. The Bertz CT molecular complexity index is 456. The fraction of sp³-hybridized carbons (Fsp3) is 0.875. The number of amides is 2. The van der Waals surface area contributed by atoms with Gasteiger partial charge in [0.25, 0.3) is 0 Å². The Morgan fingerprint density at radius 1 is 1.32 bits per heavy atom. The number of rotatable bonds is 3. The minimum absolute atomic E-state index is 0.0640. The van der Waals surface area contributed by atoms with Crippen molar-refractivity contribution in [3.63, 3.8) is 0 Å². The Labute approximate surface area is 132 Å². The van der Waals surface area contributed by atoms with Crippen LogP contribution in [0.2, 0.25) is 0 Å². The lowest BCUT2D eigenvalue weighted by atomic mass is 9.62. The number of likely N-dealkylation sites (N-methyl/N-ethyl adjacent to an activating group) is 1. The van der Waals surface area contributed by atoms with Crippen LogP contribution in [0.5, 0.6) is 0 Å². The van der Waals surface area contributed by atoms with Crippen LogP contribution in [0.15, 0.2) is 0 Å². The zero-order valence-corrected chi connectivity index (χ0v) is 14.5. The monoisotopic (exact) mass is 311 g/mol. The molecule has 2 aliphatic rings. The van der Waals surface area contributed by atoms with E-state index >= 15 is 0 Å². The molecule has 1 heterocycles. The van der Waals surface area contributed by atoms with E-state index in [4.69, 9.17) is 4.74 Å². The van der Waals surface area contributed by atoms with Crippen molar-refractivity contribution in [2.75, 3.05) is 13.6 Å². The second-order valence-electron chi connectivity index (χ2n) is 8.08. The molecule has 2 fully saturated rings. The molecule has 0 aromatic heterocycles. The third-order valence-electron chi connectivity index (χ3n) is 4.79. The molecule has 2 N–H and O–H groups in total. The fourth-order valence-electron chi connectivity index (χ4n) is 3.12. The standard InChI is InChI=1S/C16H29N3O3/c1-15(2,3)22-14(21)18-12-9-11(16(12,4)5)17-10-7-8-19(6)13(10)20/h10-12,17H,7-9H2,1-6H3,(H,18,21)/t10-,11-,12-/m0/s1. The average Bonchev–Trinajstić information content (AvgIpc) is 2.67. The van der Waals surface area contributed by atoms with Crippen LogP contribution in [0.1, 0.15) is 47.5 Å². The van der Waals surface area contributed by atoms with E-state index in [0.717, 1.165) is 19.4 Å². The molecule has 2 amide bonds. The van der Waals surface area contributed by atoms with Crippen LogP contribution in [0.3, 0.4) is 0 Å². The van der Waals surface area contributed by atoms with Crippen LogP contribution < -0.4 is 10.6 Å². The highest BCUT2D eigenvalue weighted by Crippen LogP contribution is 2.41. The molecule has 6 nitrogen and oxygen atoms in total. The maximum Gasteiger partial charge on any atom is 0.407 e. The van der Waals surface area contributed by atoms with Gasteiger partial charge >= 0.3 is 6.09 Å². The largest absolute Gasteiger partial charge is 0.444 e. The molecule has 0 unspecified atom stereocenters. The van der Waals surface area contributed by atoms with Gasteiger partial charge in [-0.25, -0.2) is 4.79 Å². The molecular weight excluding hydrogens is 282 g/mol. The van der Waals surface area contributed by atoms with Gasteiger partial charge in [0.15, 0.2) is 0 Å². The van der Waals surface area contributed by atoms with Gasteiger partial charge in [-0.2, -0.15) is 0 Å². The molecule has 1 saturated carbocycles. The zero-order valence-electron chi connectivity index (χ0n) is 14.5. The number of carbonyl (C=O) groups excluding carboxylic acids is 2. The molecule has 0 radical (unpaired) electrons. The van der Waals surface area contributed by atoms with E-state index in [2.05, 4.69) is 24.5 Å². The summed E-state index contributed by atoms with van der Waals surface area (Å²) in [7, 11) is 1.84. The second kappa shape index (κ2) is 5.72. The maximum atomic E-state index is 12.0. The lowest BCUT2D eigenvalue weighted by molar-refractivity contribution is -0.129. The summed E-state index contributed by atoms with van der Waals surface area (Å²) < 4.78 is 5.31. The van der Waals surface area contributed by atoms with Crippen molar-refractivity contribution in [3.05, 3.63) is 0 Å². The molecule has 2 rings (SSSR count). The lowest BCUT2D eigenvalue weighted by Crippen LogP contribution is -2.67. The average molecular weight is 311 g/mol. The number of alkyl carbamates (subject to hydrolysis) is 1. The quantitative estimate of drug-likeness (QED) is 0.828. The van der Waals surface area contributed by atoms with Gasteiger partial charge in [-0.05, 0) is 33.6 Å². The molecule has 3 atom stereocenters. The molecule has 126 valence electrons. The molecule has 22 heavy (non-hydrogen) atoms. The van der Waals surface area contributed by atoms with Gasteiger partial charge in [0, 0.05) is 31.1 Å². The summed E-state index contributed by atoms with van der Waals surface area (Å²) in [6, 6.07) is 0.207. The first-order valence-corrected chi connectivity index (χ1v) is 8.01. The summed E-state index contributed by atoms with van der Waals surface area (Å²) in [5, 5.41) is 6.40. The number of ether oxygens (including phenoxy) is 1. The summed E-state index contributed by atoms with van der Waals surface area (Å²) in [5.74, 6) is 0.166. The third-order valence-corrected chi connectivity index (χ3v) is 4.79. The summed E-state index contributed by atoms with van der Waals surface area (Å²) in [6.07, 6.45) is 1.30. The zero-order chi connectivity index (χ0) is 16.7. The maximum absolute atomic E-state index is 12.0. The van der Waals surface area contributed by atoms with E-state index in [-0.39, 0.29) is 35.5 Å². The normalized spacial score (nSPS) is 30.9. The van der Waals surface area contributed by atoms with Gasteiger partial charge in [0.05, 0.1) is 6.04 Å². The highest BCUT2D eigenvalue weighted by Gasteiger charge is 2.50. The lowest BCUT2D eigenvalue weighted by Gasteiger charge is -2.53. The number of nitrogens with one attached hydrogen (secondary N) is 2. The molecule has 0 bridgehead atoms. The van der Waals surface area contributed by atoms with Gasteiger partial charge < -0.3 is 20.3 Å². The Morgan fingerprint density at radius 3 is 2.41 bits per heavy atom. The second-order valence-corrected chi connectivity index (χ2v) is 8.08. The van der Waals surface area contributed by atoms with Crippen LogP contribution in [-0.2, 0) is 9.53 Å². The van der Waals surface area contributed by atoms with Crippen molar-refractivity contribution < 1.29 is 14.3 Å². The van der Waals surface area contributed by atoms with Crippen molar-refractivity contribution in [1.82, 2.24) is 15.5 Å². The number of hydrogen-bond donors (Lipinski definition) is 2. The summed E-state index contributed by atoms with van der Waals surface area (Å²) in [5.41, 5.74) is -0.588. The molecule has 1 aliphatic carbocycles. The summed E-state index contributed by atoms with van der Waals surface area (Å²) in [4.78, 5) is 25.6. The van der Waals surface area contributed by atoms with E-state index < -0.39 is 5.60 Å². The molecule has 0 spiro atoms. The van der Waals surface area contributed by atoms with E-state index in [1.807, 2.05) is 27.8 Å². The number of likely N-dealkylation sites (tertiary alicyclic amines) is 1. The highest BCUT2D eigenvalue weighted by molar-refractivity contribution is 5.83. The van der Waals surface area contributed by atoms with E-state index in [1.165, 1.54) is 0 Å². The molecular formula is C16H29N3O3. The van der Waals surface area contributed by atoms with Gasteiger partial charge in [-0.1, -0.05) is 13.8 Å². The van der Waals surface area contributed by atoms with E-state index in [9.17, 15) is 9.59 Å². The Hall–Kier alpha value is -1.30. The Kier molecular flexibility index (Phi) is 4.44. The van der Waals surface area contributed by atoms with Crippen LogP contribution in [0, 0.1) is 5.41 Å². The van der Waals surface area contributed by atoms with Crippen molar-refractivity contribution in [1.29, 1.82) is 0 Å². The predicted octanol–water partition coefficient (Wildman–Crippen LogP) is 1.50. The molecule has 1 aliphatic heterocycles. The smallest absolute Gasteiger partial charge is 0.407 e. The Balaban J connectivity index is 1.85. The van der Waals surface area contributed by atoms with E-state index in [1.54, 1.807) is 4.90 Å². The van der Waals surface area contributed by atoms with Gasteiger partial charge in [0.2, 0.25) is 5.91 Å². The highest BCUT2D eigenvalue weighted by atomic mass is 16.6. The van der Waals surface area contributed by atoms with E-state index in [0.29, 0.717) is 0 Å². The van der Waals surface area contributed by atoms with Gasteiger partial charge in [-0.3, -0.25) is 4.79 Å². The summed E-state index contributed by atoms with van der Waals surface area (Å²) in [6.45, 7) is 10.6. The van der Waals surface area contributed by atoms with Crippen LogP contribution >= 0.6 is 0 Å². The number of hydrogen-bond acceptors (Lipinski definition) is 4. The summed E-state index contributed by atoms with van der Waals surface area (Å²) >= 11 is 0.